The number of rotatable bonds is 4. The average Bonchev–Trinajstić information content (AvgIpc) is 2.95. The average molecular weight is 298 g/mol. The molecular weight excluding hydrogens is 284 g/mol. The Morgan fingerprint density at radius 1 is 1.24 bits per heavy atom. The van der Waals surface area contributed by atoms with E-state index in [1.54, 1.807) is 30.1 Å². The number of thioether (sulfide) groups is 1. The monoisotopic (exact) mass is 298 g/mol. The van der Waals surface area contributed by atoms with Crippen LogP contribution in [0.25, 0.3) is 11.5 Å². The van der Waals surface area contributed by atoms with Gasteiger partial charge in [-0.1, -0.05) is 23.4 Å². The Labute approximate surface area is 126 Å². The van der Waals surface area contributed by atoms with Crippen molar-refractivity contribution in [3.63, 3.8) is 0 Å². The molecule has 0 saturated carbocycles. The number of hydrogen-bond acceptors (Lipinski definition) is 6. The molecule has 2 heterocycles. The summed E-state index contributed by atoms with van der Waals surface area (Å²) >= 11 is 1.69. The summed E-state index contributed by atoms with van der Waals surface area (Å²) in [5.41, 5.74) is 7.67. The molecule has 0 saturated heterocycles. The molecule has 0 atom stereocenters. The highest BCUT2D eigenvalue weighted by atomic mass is 32.2. The lowest BCUT2D eigenvalue weighted by Crippen LogP contribution is -1.90. The zero-order valence-electron chi connectivity index (χ0n) is 11.5. The second kappa shape index (κ2) is 5.97. The van der Waals surface area contributed by atoms with Crippen LogP contribution < -0.4 is 5.73 Å². The molecule has 0 radical (unpaired) electrons. The van der Waals surface area contributed by atoms with Crippen LogP contribution in [0.15, 0.2) is 52.0 Å². The highest BCUT2D eigenvalue weighted by molar-refractivity contribution is 7.98. The van der Waals surface area contributed by atoms with Gasteiger partial charge in [0.25, 0.3) is 5.89 Å². The maximum absolute atomic E-state index is 5.65. The van der Waals surface area contributed by atoms with E-state index < -0.39 is 0 Å². The van der Waals surface area contributed by atoms with Crippen LogP contribution >= 0.6 is 11.8 Å². The first-order valence-corrected chi connectivity index (χ1v) is 7.44. The maximum atomic E-state index is 5.65. The first-order chi connectivity index (χ1) is 10.2. The smallest absolute Gasteiger partial charge is 0.258 e. The van der Waals surface area contributed by atoms with Gasteiger partial charge in [-0.25, -0.2) is 4.98 Å². The van der Waals surface area contributed by atoms with Crippen LogP contribution in [0.5, 0.6) is 0 Å². The van der Waals surface area contributed by atoms with Gasteiger partial charge in [-0.05, 0) is 30.7 Å². The molecule has 2 aromatic heterocycles. The molecule has 0 aliphatic rings. The lowest BCUT2D eigenvalue weighted by molar-refractivity contribution is 0.425. The van der Waals surface area contributed by atoms with E-state index in [-0.39, 0.29) is 0 Å². The number of nitrogen functional groups attached to an aromatic ring is 1. The summed E-state index contributed by atoms with van der Waals surface area (Å²) < 4.78 is 5.27. The third-order valence-corrected chi connectivity index (χ3v) is 4.12. The molecule has 1 aromatic carbocycles. The molecule has 2 N–H and O–H groups in total. The van der Waals surface area contributed by atoms with Gasteiger partial charge in [-0.15, -0.1) is 11.8 Å². The number of benzene rings is 1. The fourth-order valence-electron chi connectivity index (χ4n) is 1.87. The fourth-order valence-corrected chi connectivity index (χ4v) is 2.74. The molecule has 0 fully saturated rings. The van der Waals surface area contributed by atoms with Gasteiger partial charge in [0.1, 0.15) is 5.82 Å². The van der Waals surface area contributed by atoms with Crippen molar-refractivity contribution in [1.82, 2.24) is 15.1 Å². The predicted octanol–water partition coefficient (Wildman–Crippen LogP) is 3.31. The Hall–Kier alpha value is -2.34. The van der Waals surface area contributed by atoms with Crippen LogP contribution in [-0.2, 0) is 5.75 Å². The molecule has 21 heavy (non-hydrogen) atoms. The number of aryl methyl sites for hydroxylation is 1. The minimum atomic E-state index is 0.432. The fraction of sp³-hybridized carbons (Fsp3) is 0.133. The van der Waals surface area contributed by atoms with Crippen molar-refractivity contribution in [2.75, 3.05) is 5.73 Å². The summed E-state index contributed by atoms with van der Waals surface area (Å²) in [5, 5.41) is 4.00. The van der Waals surface area contributed by atoms with Crippen molar-refractivity contribution in [1.29, 1.82) is 0 Å². The minimum absolute atomic E-state index is 0.432. The van der Waals surface area contributed by atoms with Crippen molar-refractivity contribution in [3.05, 3.63) is 54.0 Å². The molecule has 106 valence electrons. The van der Waals surface area contributed by atoms with Crippen molar-refractivity contribution in [2.24, 2.45) is 0 Å². The highest BCUT2D eigenvalue weighted by Gasteiger charge is 2.10. The predicted molar refractivity (Wildman–Crippen MR) is 82.7 cm³/mol. The van der Waals surface area contributed by atoms with E-state index in [1.807, 2.05) is 12.1 Å². The molecule has 0 aliphatic carbocycles. The van der Waals surface area contributed by atoms with Crippen LogP contribution in [0.3, 0.4) is 0 Å². The Morgan fingerprint density at radius 3 is 2.90 bits per heavy atom. The summed E-state index contributed by atoms with van der Waals surface area (Å²) in [6, 6.07) is 11.7. The van der Waals surface area contributed by atoms with Gasteiger partial charge < -0.3 is 10.3 Å². The first-order valence-electron chi connectivity index (χ1n) is 6.45. The Morgan fingerprint density at radius 2 is 2.10 bits per heavy atom. The molecule has 0 unspecified atom stereocenters. The third-order valence-electron chi connectivity index (χ3n) is 2.95. The van der Waals surface area contributed by atoms with Gasteiger partial charge >= 0.3 is 0 Å². The summed E-state index contributed by atoms with van der Waals surface area (Å²) in [7, 11) is 0. The van der Waals surface area contributed by atoms with Gasteiger partial charge in [-0.3, -0.25) is 0 Å². The molecule has 3 rings (SSSR count). The van der Waals surface area contributed by atoms with Gasteiger partial charge in [-0.2, -0.15) is 4.98 Å². The van der Waals surface area contributed by atoms with E-state index in [4.69, 9.17) is 10.3 Å². The molecule has 0 bridgehead atoms. The molecule has 6 heteroatoms. The van der Waals surface area contributed by atoms with Crippen LogP contribution in [0.4, 0.5) is 5.82 Å². The van der Waals surface area contributed by atoms with Crippen LogP contribution in [-0.4, -0.2) is 15.1 Å². The van der Waals surface area contributed by atoms with E-state index >= 15 is 0 Å². The zero-order valence-corrected chi connectivity index (χ0v) is 12.3. The van der Waals surface area contributed by atoms with Crippen molar-refractivity contribution >= 4 is 17.6 Å². The number of nitrogens with two attached hydrogens (primary N) is 1. The molecular formula is C15H14N4OS. The van der Waals surface area contributed by atoms with E-state index in [1.165, 1.54) is 10.5 Å². The van der Waals surface area contributed by atoms with E-state index in [0.717, 1.165) is 5.56 Å². The number of hydrogen-bond donors (Lipinski definition) is 1. The van der Waals surface area contributed by atoms with Crippen LogP contribution in [0.1, 0.15) is 11.4 Å². The van der Waals surface area contributed by atoms with Gasteiger partial charge in [0.05, 0.1) is 5.75 Å². The largest absolute Gasteiger partial charge is 0.384 e. The van der Waals surface area contributed by atoms with E-state index in [9.17, 15) is 0 Å². The summed E-state index contributed by atoms with van der Waals surface area (Å²) in [6.07, 6.45) is 1.62. The first kappa shape index (κ1) is 13.6. The van der Waals surface area contributed by atoms with Crippen molar-refractivity contribution < 1.29 is 4.52 Å². The molecule has 3 aromatic rings. The second-order valence-electron chi connectivity index (χ2n) is 4.54. The topological polar surface area (TPSA) is 77.8 Å². The number of nitrogens with zero attached hydrogens (tertiary/aromatic N) is 3. The van der Waals surface area contributed by atoms with Crippen molar-refractivity contribution in [2.45, 2.75) is 17.6 Å². The van der Waals surface area contributed by atoms with Gasteiger partial charge in [0.2, 0.25) is 0 Å². The van der Waals surface area contributed by atoms with E-state index in [2.05, 4.69) is 34.2 Å². The number of aromatic nitrogens is 3. The van der Waals surface area contributed by atoms with Crippen molar-refractivity contribution in [3.8, 4) is 11.5 Å². The number of pyridine rings is 1. The molecule has 0 amide bonds. The summed E-state index contributed by atoms with van der Waals surface area (Å²) in [4.78, 5) is 9.55. The van der Waals surface area contributed by atoms with E-state index in [0.29, 0.717) is 23.3 Å². The molecule has 0 spiro atoms. The summed E-state index contributed by atoms with van der Waals surface area (Å²) in [6.45, 7) is 2.09. The van der Waals surface area contributed by atoms with Gasteiger partial charge in [0.15, 0.2) is 5.82 Å². The molecule has 5 nitrogen and oxygen atoms in total. The molecule has 0 aliphatic heterocycles. The maximum Gasteiger partial charge on any atom is 0.258 e. The Balaban J connectivity index is 1.72. The minimum Gasteiger partial charge on any atom is -0.384 e. The second-order valence-corrected chi connectivity index (χ2v) is 5.56. The summed E-state index contributed by atoms with van der Waals surface area (Å²) in [5.74, 6) is 2.22. The number of anilines is 1. The lowest BCUT2D eigenvalue weighted by Gasteiger charge is -2.01. The quantitative estimate of drug-likeness (QED) is 0.744. The zero-order chi connectivity index (χ0) is 14.7. The standard InChI is InChI=1S/C15H14N4OS/c1-10-4-2-3-5-12(10)21-9-14-18-15(20-19-14)11-6-7-17-13(16)8-11/h2-8H,9H2,1H3,(H2,16,17). The highest BCUT2D eigenvalue weighted by Crippen LogP contribution is 2.26. The third kappa shape index (κ3) is 3.22. The lowest BCUT2D eigenvalue weighted by atomic mass is 10.2. The SMILES string of the molecule is Cc1ccccc1SCc1noc(-c2ccnc(N)c2)n1. The van der Waals surface area contributed by atoms with Gasteiger partial charge in [0, 0.05) is 16.7 Å². The van der Waals surface area contributed by atoms with Crippen LogP contribution in [0.2, 0.25) is 0 Å². The Kier molecular flexibility index (Phi) is 3.87. The normalized spacial score (nSPS) is 10.7. The van der Waals surface area contributed by atoms with Crippen LogP contribution in [0, 0.1) is 6.92 Å². The Bertz CT molecular complexity index is 757.